The zero-order valence-corrected chi connectivity index (χ0v) is 24.8. The Morgan fingerprint density at radius 1 is 0.865 bits per heavy atom. The summed E-state index contributed by atoms with van der Waals surface area (Å²) in [6.45, 7) is 7.90. The van der Waals surface area contributed by atoms with Crippen molar-refractivity contribution >= 4 is 35.0 Å². The van der Waals surface area contributed by atoms with Crippen molar-refractivity contribution in [3.8, 4) is 0 Å². The van der Waals surface area contributed by atoms with Gasteiger partial charge in [-0.3, -0.25) is 0 Å². The quantitative estimate of drug-likeness (QED) is 0.141. The van der Waals surface area contributed by atoms with E-state index >= 15 is 0 Å². The summed E-state index contributed by atoms with van der Waals surface area (Å²) < 4.78 is 28.3. The van der Waals surface area contributed by atoms with Crippen molar-refractivity contribution < 1.29 is 13.9 Å². The zero-order valence-electron chi connectivity index (χ0n) is 22.4. The fraction of sp³-hybridized carbons (Fsp3) is 0.586. The molecule has 2 atom stereocenters. The van der Waals surface area contributed by atoms with Crippen LogP contribution in [0.4, 0.5) is 8.78 Å². The molecule has 0 bridgehead atoms. The van der Waals surface area contributed by atoms with Gasteiger partial charge < -0.3 is 16.2 Å². The van der Waals surface area contributed by atoms with Crippen molar-refractivity contribution in [2.24, 2.45) is 5.73 Å². The molecule has 0 aliphatic rings. The van der Waals surface area contributed by atoms with E-state index in [4.69, 9.17) is 28.9 Å². The zero-order chi connectivity index (χ0) is 27.5. The number of hydrogen-bond donors (Lipinski definition) is 3. The summed E-state index contributed by atoms with van der Waals surface area (Å²) >= 11 is 13.9. The lowest BCUT2D eigenvalue weighted by Gasteiger charge is -2.18. The molecule has 2 aromatic rings. The van der Waals surface area contributed by atoms with Crippen molar-refractivity contribution in [3.05, 3.63) is 68.2 Å². The summed E-state index contributed by atoms with van der Waals surface area (Å²) in [6, 6.07) is 7.31. The van der Waals surface area contributed by atoms with E-state index in [1.165, 1.54) is 0 Å². The van der Waals surface area contributed by atoms with E-state index in [9.17, 15) is 13.9 Å². The summed E-state index contributed by atoms with van der Waals surface area (Å²) in [5.74, 6) is 1.05. The Bertz CT molecular complexity index is 991. The third kappa shape index (κ3) is 10.7. The smallest absolute Gasteiger partial charge is 0.145 e. The number of aliphatic hydroxyl groups is 1. The van der Waals surface area contributed by atoms with E-state index < -0.39 is 0 Å². The molecule has 0 heterocycles. The first-order valence-corrected chi connectivity index (χ1v) is 15.1. The number of nitrogens with one attached hydrogen (secondary N) is 1. The van der Waals surface area contributed by atoms with Gasteiger partial charge in [-0.15, -0.1) is 11.8 Å². The number of aryl methyl sites for hydroxylation is 2. The number of rotatable bonds is 16. The van der Waals surface area contributed by atoms with E-state index in [0.29, 0.717) is 17.0 Å². The predicted molar refractivity (Wildman–Crippen MR) is 156 cm³/mol. The van der Waals surface area contributed by atoms with Crippen molar-refractivity contribution in [2.45, 2.75) is 90.1 Å². The van der Waals surface area contributed by atoms with Crippen LogP contribution in [0.15, 0.2) is 24.3 Å². The van der Waals surface area contributed by atoms with Crippen LogP contribution < -0.4 is 11.1 Å². The molecule has 0 spiro atoms. The Hall–Kier alpha value is -0.890. The van der Waals surface area contributed by atoms with Crippen LogP contribution in [-0.2, 0) is 12.8 Å². The van der Waals surface area contributed by atoms with Crippen LogP contribution in [0.3, 0.4) is 0 Å². The number of halogens is 4. The maximum Gasteiger partial charge on any atom is 0.145 e. The topological polar surface area (TPSA) is 58.3 Å². The number of nitrogens with two attached hydrogens (primary N) is 1. The Morgan fingerprint density at radius 2 is 1.35 bits per heavy atom. The number of hydrogen-bond acceptors (Lipinski definition) is 4. The minimum absolute atomic E-state index is 0.00240. The number of aliphatic hydroxyl groups excluding tert-OH is 1. The maximum atomic E-state index is 14.2. The first-order chi connectivity index (χ1) is 17.5. The van der Waals surface area contributed by atoms with Crippen LogP contribution >= 0.6 is 35.0 Å². The second-order valence-corrected chi connectivity index (χ2v) is 12.3. The van der Waals surface area contributed by atoms with Crippen molar-refractivity contribution in [2.75, 3.05) is 18.2 Å². The molecule has 0 amide bonds. The van der Waals surface area contributed by atoms with Crippen LogP contribution in [0.1, 0.15) is 87.5 Å². The number of thioether (sulfide) groups is 1. The molecule has 2 rings (SSSR count). The van der Waals surface area contributed by atoms with Crippen LogP contribution in [0, 0.1) is 11.6 Å². The standard InChI is InChI=1S/C29H42Cl2F2N2OS/c1-18(2)24-11-20(13-26(30)28(24)32)7-5-9-22(34)16-37-17-35-23(15-36)10-6-8-21-12-25(19(3)4)29(33)27(31)14-21/h11-14,18-19,22-23,35-36H,5-10,15-17,34H2,1-4H3/t22-,23-/m1/s1. The normalized spacial score (nSPS) is 13.5. The van der Waals surface area contributed by atoms with Gasteiger partial charge in [0.15, 0.2) is 0 Å². The average Bonchev–Trinajstić information content (AvgIpc) is 2.84. The highest BCUT2D eigenvalue weighted by atomic mass is 35.5. The molecule has 37 heavy (non-hydrogen) atoms. The first kappa shape index (κ1) is 32.3. The summed E-state index contributed by atoms with van der Waals surface area (Å²) in [6.07, 6.45) is 5.08. The average molecular weight is 576 g/mol. The second-order valence-electron chi connectivity index (χ2n) is 10.4. The highest BCUT2D eigenvalue weighted by Gasteiger charge is 2.14. The summed E-state index contributed by atoms with van der Waals surface area (Å²) in [7, 11) is 0. The third-order valence-electron chi connectivity index (χ3n) is 6.56. The van der Waals surface area contributed by atoms with E-state index in [-0.39, 0.29) is 52.2 Å². The molecule has 0 aliphatic heterocycles. The van der Waals surface area contributed by atoms with Gasteiger partial charge in [0.05, 0.1) is 16.7 Å². The molecule has 4 N–H and O–H groups in total. The van der Waals surface area contributed by atoms with Gasteiger partial charge in [0.1, 0.15) is 11.6 Å². The van der Waals surface area contributed by atoms with Crippen molar-refractivity contribution in [1.82, 2.24) is 5.32 Å². The van der Waals surface area contributed by atoms with E-state index in [2.05, 4.69) is 5.32 Å². The van der Waals surface area contributed by atoms with Gasteiger partial charge >= 0.3 is 0 Å². The van der Waals surface area contributed by atoms with Gasteiger partial charge in [-0.05, 0) is 84.7 Å². The number of benzene rings is 2. The van der Waals surface area contributed by atoms with Crippen molar-refractivity contribution in [3.63, 3.8) is 0 Å². The molecule has 2 aromatic carbocycles. The third-order valence-corrected chi connectivity index (χ3v) is 8.15. The molecular weight excluding hydrogens is 533 g/mol. The molecule has 0 radical (unpaired) electrons. The van der Waals surface area contributed by atoms with Gasteiger partial charge in [0, 0.05) is 23.7 Å². The van der Waals surface area contributed by atoms with Crippen molar-refractivity contribution in [1.29, 1.82) is 0 Å². The monoisotopic (exact) mass is 574 g/mol. The highest BCUT2D eigenvalue weighted by Crippen LogP contribution is 2.28. The van der Waals surface area contributed by atoms with Gasteiger partial charge in [-0.2, -0.15) is 0 Å². The fourth-order valence-corrected chi connectivity index (χ4v) is 5.76. The van der Waals surface area contributed by atoms with Gasteiger partial charge in [-0.1, -0.05) is 63.0 Å². The molecule has 8 heteroatoms. The molecule has 0 aromatic heterocycles. The van der Waals surface area contributed by atoms with Gasteiger partial charge in [0.2, 0.25) is 0 Å². The Labute approximate surface area is 235 Å². The molecule has 0 saturated heterocycles. The predicted octanol–water partition coefficient (Wildman–Crippen LogP) is 7.83. The maximum absolute atomic E-state index is 14.2. The SMILES string of the molecule is CC(C)c1cc(CCC[C@@H](N)CSCN[C@@H](CO)CCCc2cc(Cl)c(F)c(C(C)C)c2)cc(Cl)c1F. The lowest BCUT2D eigenvalue weighted by atomic mass is 9.97. The van der Waals surface area contributed by atoms with E-state index in [1.807, 2.05) is 39.8 Å². The Balaban J connectivity index is 1.67. The molecule has 0 saturated carbocycles. The van der Waals surface area contributed by atoms with E-state index in [0.717, 1.165) is 55.4 Å². The molecular formula is C29H42Cl2F2N2OS. The van der Waals surface area contributed by atoms with E-state index in [1.54, 1.807) is 23.9 Å². The fourth-order valence-electron chi connectivity index (χ4n) is 4.32. The molecule has 0 unspecified atom stereocenters. The van der Waals surface area contributed by atoms with Gasteiger partial charge in [0.25, 0.3) is 0 Å². The minimum atomic E-state index is -0.328. The lowest BCUT2D eigenvalue weighted by molar-refractivity contribution is 0.239. The Kier molecular flexibility index (Phi) is 14.2. The highest BCUT2D eigenvalue weighted by molar-refractivity contribution is 7.99. The van der Waals surface area contributed by atoms with Gasteiger partial charge in [-0.25, -0.2) is 8.78 Å². The van der Waals surface area contributed by atoms with Crippen LogP contribution in [0.5, 0.6) is 0 Å². The van der Waals surface area contributed by atoms with Crippen LogP contribution in [0.25, 0.3) is 0 Å². The summed E-state index contributed by atoms with van der Waals surface area (Å²) in [4.78, 5) is 0. The molecule has 0 fully saturated rings. The molecule has 208 valence electrons. The summed E-state index contributed by atoms with van der Waals surface area (Å²) in [5, 5.41) is 13.5. The molecule has 3 nitrogen and oxygen atoms in total. The minimum Gasteiger partial charge on any atom is -0.395 e. The van der Waals surface area contributed by atoms with Crippen LogP contribution in [-0.4, -0.2) is 35.4 Å². The summed E-state index contributed by atoms with van der Waals surface area (Å²) in [5.41, 5.74) is 9.68. The first-order valence-electron chi connectivity index (χ1n) is 13.2. The lowest BCUT2D eigenvalue weighted by Crippen LogP contribution is -2.33. The Morgan fingerprint density at radius 3 is 1.81 bits per heavy atom. The second kappa shape index (κ2) is 16.3. The largest absolute Gasteiger partial charge is 0.395 e. The molecule has 0 aliphatic carbocycles. The van der Waals surface area contributed by atoms with Crippen LogP contribution in [0.2, 0.25) is 10.0 Å².